The van der Waals surface area contributed by atoms with Crippen LogP contribution in [-0.2, 0) is 16.0 Å². The van der Waals surface area contributed by atoms with Crippen LogP contribution in [0.15, 0.2) is 12.3 Å². The van der Waals surface area contributed by atoms with Crippen LogP contribution in [-0.4, -0.2) is 65.1 Å². The summed E-state index contributed by atoms with van der Waals surface area (Å²) in [6.07, 6.45) is 3.67. The second-order valence-electron chi connectivity index (χ2n) is 7.39. The molecule has 2 aliphatic heterocycles. The number of nitrogens with zero attached hydrogens (tertiary/aromatic N) is 4. The molecule has 2 aromatic rings. The summed E-state index contributed by atoms with van der Waals surface area (Å²) in [4.78, 5) is 19.9. The predicted octanol–water partition coefficient (Wildman–Crippen LogP) is 2.03. The van der Waals surface area contributed by atoms with Gasteiger partial charge in [0.25, 0.3) is 5.91 Å². The molecule has 0 aromatic carbocycles. The number of ether oxygens (including phenoxy) is 2. The van der Waals surface area contributed by atoms with Crippen LogP contribution in [0.4, 0.5) is 0 Å². The molecule has 1 spiro atoms. The van der Waals surface area contributed by atoms with Crippen LogP contribution >= 0.6 is 0 Å². The van der Waals surface area contributed by atoms with Crippen molar-refractivity contribution in [3.8, 4) is 0 Å². The Morgan fingerprint density at radius 3 is 2.85 bits per heavy atom. The summed E-state index contributed by atoms with van der Waals surface area (Å²) in [6, 6.07) is 1.93. The van der Waals surface area contributed by atoms with E-state index < -0.39 is 0 Å². The van der Waals surface area contributed by atoms with E-state index in [-0.39, 0.29) is 11.3 Å². The molecular formula is C19H26N4O3. The normalized spacial score (nSPS) is 20.5. The molecular weight excluding hydrogens is 332 g/mol. The molecule has 26 heavy (non-hydrogen) atoms. The smallest absolute Gasteiger partial charge is 0.255 e. The molecule has 0 saturated carbocycles. The Bertz CT molecular complexity index is 810. The fraction of sp³-hybridized carbons (Fsp3) is 0.632. The lowest BCUT2D eigenvalue weighted by atomic mass is 9.80. The van der Waals surface area contributed by atoms with Gasteiger partial charge in [-0.25, -0.2) is 9.67 Å². The quantitative estimate of drug-likeness (QED) is 0.822. The molecule has 2 saturated heterocycles. The van der Waals surface area contributed by atoms with Crippen LogP contribution in [0.1, 0.15) is 35.8 Å². The van der Waals surface area contributed by atoms with Gasteiger partial charge in [0.2, 0.25) is 0 Å². The molecule has 0 unspecified atom stereocenters. The van der Waals surface area contributed by atoms with Crippen LogP contribution in [0.25, 0.3) is 11.0 Å². The first-order chi connectivity index (χ1) is 12.6. The molecule has 7 heteroatoms. The molecule has 7 nitrogen and oxygen atoms in total. The second-order valence-corrected chi connectivity index (χ2v) is 7.39. The van der Waals surface area contributed by atoms with Gasteiger partial charge in [-0.3, -0.25) is 4.79 Å². The largest absolute Gasteiger partial charge is 0.381 e. The molecule has 140 valence electrons. The zero-order chi connectivity index (χ0) is 18.1. The Balaban J connectivity index is 1.63. The zero-order valence-electron chi connectivity index (χ0n) is 15.5. The van der Waals surface area contributed by atoms with Gasteiger partial charge in [-0.15, -0.1) is 0 Å². The highest BCUT2D eigenvalue weighted by atomic mass is 16.5. The minimum absolute atomic E-state index is 0.0168. The van der Waals surface area contributed by atoms with E-state index >= 15 is 0 Å². The summed E-state index contributed by atoms with van der Waals surface area (Å²) in [5.41, 5.74) is 2.27. The lowest BCUT2D eigenvalue weighted by Gasteiger charge is -2.38. The molecule has 2 aromatic heterocycles. The van der Waals surface area contributed by atoms with E-state index in [1.807, 2.05) is 29.5 Å². The number of aryl methyl sites for hydroxylation is 2. The van der Waals surface area contributed by atoms with E-state index in [0.717, 1.165) is 55.9 Å². The Morgan fingerprint density at radius 1 is 1.27 bits per heavy atom. The van der Waals surface area contributed by atoms with Crippen molar-refractivity contribution < 1.29 is 14.3 Å². The van der Waals surface area contributed by atoms with Crippen molar-refractivity contribution in [1.82, 2.24) is 19.7 Å². The van der Waals surface area contributed by atoms with Gasteiger partial charge < -0.3 is 14.4 Å². The molecule has 0 bridgehead atoms. The first-order valence-corrected chi connectivity index (χ1v) is 9.40. The number of hydrogen-bond acceptors (Lipinski definition) is 5. The van der Waals surface area contributed by atoms with Crippen molar-refractivity contribution in [2.45, 2.75) is 33.2 Å². The minimum Gasteiger partial charge on any atom is -0.381 e. The van der Waals surface area contributed by atoms with Crippen LogP contribution in [0.5, 0.6) is 0 Å². The molecule has 4 rings (SSSR count). The number of pyridine rings is 1. The van der Waals surface area contributed by atoms with E-state index in [9.17, 15) is 4.79 Å². The Hall–Kier alpha value is -1.99. The molecule has 4 heterocycles. The van der Waals surface area contributed by atoms with Crippen LogP contribution < -0.4 is 0 Å². The molecule has 2 fully saturated rings. The Morgan fingerprint density at radius 2 is 2.08 bits per heavy atom. The van der Waals surface area contributed by atoms with Crippen molar-refractivity contribution in [1.29, 1.82) is 0 Å². The standard InChI is InChI=1S/C19H26N4O3/c1-3-23-17-15(11-20-23)10-16(14(2)21-17)18(24)22-6-9-26-13-19(12-22)4-7-25-8-5-19/h10-11H,3-9,12-13H2,1-2H3. The molecule has 0 radical (unpaired) electrons. The number of amides is 1. The van der Waals surface area contributed by atoms with E-state index in [2.05, 4.69) is 10.1 Å². The van der Waals surface area contributed by atoms with Gasteiger partial charge in [0.05, 0.1) is 30.7 Å². The number of fused-ring (bicyclic) bond motifs is 1. The molecule has 1 amide bonds. The fourth-order valence-electron chi connectivity index (χ4n) is 3.99. The van der Waals surface area contributed by atoms with E-state index in [0.29, 0.717) is 25.3 Å². The van der Waals surface area contributed by atoms with Gasteiger partial charge in [-0.2, -0.15) is 5.10 Å². The van der Waals surface area contributed by atoms with Gasteiger partial charge >= 0.3 is 0 Å². The summed E-state index contributed by atoms with van der Waals surface area (Å²) in [6.45, 7) is 8.81. The van der Waals surface area contributed by atoms with Crippen molar-refractivity contribution in [2.24, 2.45) is 5.41 Å². The lowest BCUT2D eigenvalue weighted by molar-refractivity contribution is -0.0304. The monoisotopic (exact) mass is 358 g/mol. The first-order valence-electron chi connectivity index (χ1n) is 9.40. The number of carbonyl (C=O) groups is 1. The molecule has 0 N–H and O–H groups in total. The maximum Gasteiger partial charge on any atom is 0.255 e. The topological polar surface area (TPSA) is 69.5 Å². The molecule has 2 aliphatic rings. The number of carbonyl (C=O) groups excluding carboxylic acids is 1. The van der Waals surface area contributed by atoms with Crippen molar-refractivity contribution in [3.63, 3.8) is 0 Å². The second kappa shape index (κ2) is 6.96. The van der Waals surface area contributed by atoms with Crippen molar-refractivity contribution >= 4 is 16.9 Å². The minimum atomic E-state index is 0.0168. The maximum atomic E-state index is 13.3. The molecule has 0 atom stereocenters. The first kappa shape index (κ1) is 17.4. The van der Waals surface area contributed by atoms with E-state index in [1.165, 1.54) is 0 Å². The highest BCUT2D eigenvalue weighted by Crippen LogP contribution is 2.34. The summed E-state index contributed by atoms with van der Waals surface area (Å²) >= 11 is 0. The van der Waals surface area contributed by atoms with Crippen molar-refractivity contribution in [2.75, 3.05) is 39.5 Å². The lowest BCUT2D eigenvalue weighted by Crippen LogP contribution is -2.44. The van der Waals surface area contributed by atoms with Crippen LogP contribution in [0.3, 0.4) is 0 Å². The Labute approximate surface area is 153 Å². The van der Waals surface area contributed by atoms with Gasteiger partial charge in [0, 0.05) is 43.6 Å². The van der Waals surface area contributed by atoms with Crippen molar-refractivity contribution in [3.05, 3.63) is 23.5 Å². The third-order valence-corrected chi connectivity index (χ3v) is 5.61. The Kier molecular flexibility index (Phi) is 4.67. The van der Waals surface area contributed by atoms with Gasteiger partial charge in [0.15, 0.2) is 5.65 Å². The average Bonchev–Trinajstić information content (AvgIpc) is 2.94. The van der Waals surface area contributed by atoms with Gasteiger partial charge in [-0.05, 0) is 32.8 Å². The van der Waals surface area contributed by atoms with Crippen LogP contribution in [0.2, 0.25) is 0 Å². The predicted molar refractivity (Wildman–Crippen MR) is 97.1 cm³/mol. The van der Waals surface area contributed by atoms with E-state index in [4.69, 9.17) is 9.47 Å². The highest BCUT2D eigenvalue weighted by Gasteiger charge is 2.38. The molecule has 0 aliphatic carbocycles. The third kappa shape index (κ3) is 3.10. The zero-order valence-corrected chi connectivity index (χ0v) is 15.5. The number of aromatic nitrogens is 3. The van der Waals surface area contributed by atoms with E-state index in [1.54, 1.807) is 6.20 Å². The summed E-state index contributed by atoms with van der Waals surface area (Å²) in [7, 11) is 0. The summed E-state index contributed by atoms with van der Waals surface area (Å²) in [5.74, 6) is 0.0394. The highest BCUT2D eigenvalue weighted by molar-refractivity contribution is 5.98. The summed E-state index contributed by atoms with van der Waals surface area (Å²) in [5, 5.41) is 5.26. The maximum absolute atomic E-state index is 13.3. The van der Waals surface area contributed by atoms with Gasteiger partial charge in [-0.1, -0.05) is 0 Å². The number of rotatable bonds is 2. The fourth-order valence-corrected chi connectivity index (χ4v) is 3.99. The SMILES string of the molecule is CCn1ncc2cc(C(=O)N3CCOCC4(CCOCC4)C3)c(C)nc21. The third-order valence-electron chi connectivity index (χ3n) is 5.61. The average molecular weight is 358 g/mol. The summed E-state index contributed by atoms with van der Waals surface area (Å²) < 4.78 is 13.2. The van der Waals surface area contributed by atoms with Crippen LogP contribution in [0, 0.1) is 12.3 Å². The van der Waals surface area contributed by atoms with Gasteiger partial charge in [0.1, 0.15) is 0 Å². The number of hydrogen-bond donors (Lipinski definition) is 0.